The second kappa shape index (κ2) is 7.02. The van der Waals surface area contributed by atoms with E-state index in [-0.39, 0.29) is 11.2 Å². The summed E-state index contributed by atoms with van der Waals surface area (Å²) in [6.45, 7) is 6.74. The van der Waals surface area contributed by atoms with E-state index in [0.29, 0.717) is 12.1 Å². The summed E-state index contributed by atoms with van der Waals surface area (Å²) in [6.07, 6.45) is 1.62. The molecule has 0 bridgehead atoms. The fourth-order valence-electron chi connectivity index (χ4n) is 2.54. The smallest absolute Gasteiger partial charge is 0.311 e. The quantitative estimate of drug-likeness (QED) is 0.665. The molecule has 0 atom stereocenters. The van der Waals surface area contributed by atoms with E-state index in [9.17, 15) is 9.59 Å². The van der Waals surface area contributed by atoms with E-state index in [1.807, 2.05) is 0 Å². The zero-order valence-corrected chi connectivity index (χ0v) is 13.1. The largest absolute Gasteiger partial charge is 0.330 e. The molecule has 1 saturated heterocycles. The molecule has 0 amide bonds. The predicted molar refractivity (Wildman–Crippen MR) is 82.6 cm³/mol. The average molecular weight is 295 g/mol. The van der Waals surface area contributed by atoms with E-state index in [1.165, 1.54) is 11.6 Å². The van der Waals surface area contributed by atoms with Crippen molar-refractivity contribution in [1.29, 1.82) is 0 Å². The summed E-state index contributed by atoms with van der Waals surface area (Å²) in [4.78, 5) is 28.3. The third-order valence-corrected chi connectivity index (χ3v) is 4.03. The SMILES string of the molecule is CN1CCN(CCNCc2cn(C)c(=O)n(C)c2=O)CC1. The monoisotopic (exact) mass is 295 g/mol. The Morgan fingerprint density at radius 1 is 1.10 bits per heavy atom. The summed E-state index contributed by atoms with van der Waals surface area (Å²) in [7, 11) is 5.32. The lowest BCUT2D eigenvalue weighted by Crippen LogP contribution is -2.46. The highest BCUT2D eigenvalue weighted by Gasteiger charge is 2.13. The van der Waals surface area contributed by atoms with Crippen LogP contribution in [0.2, 0.25) is 0 Å². The number of aromatic nitrogens is 2. The van der Waals surface area contributed by atoms with Gasteiger partial charge in [-0.1, -0.05) is 0 Å². The molecule has 0 aromatic carbocycles. The Kier molecular flexibility index (Phi) is 5.33. The minimum atomic E-state index is -0.291. The van der Waals surface area contributed by atoms with Gasteiger partial charge in [0, 0.05) is 71.7 Å². The van der Waals surface area contributed by atoms with E-state index in [1.54, 1.807) is 13.2 Å². The molecule has 21 heavy (non-hydrogen) atoms. The van der Waals surface area contributed by atoms with Crippen LogP contribution in [0.5, 0.6) is 0 Å². The van der Waals surface area contributed by atoms with Gasteiger partial charge >= 0.3 is 5.69 Å². The summed E-state index contributed by atoms with van der Waals surface area (Å²) in [5.74, 6) is 0. The summed E-state index contributed by atoms with van der Waals surface area (Å²) in [5.41, 5.74) is 0.115. The first-order chi connectivity index (χ1) is 9.99. The number of nitrogens with one attached hydrogen (secondary N) is 1. The van der Waals surface area contributed by atoms with Crippen molar-refractivity contribution in [3.63, 3.8) is 0 Å². The van der Waals surface area contributed by atoms with Gasteiger partial charge in [0.05, 0.1) is 0 Å². The van der Waals surface area contributed by atoms with Gasteiger partial charge in [-0.2, -0.15) is 0 Å². The van der Waals surface area contributed by atoms with Gasteiger partial charge in [0.25, 0.3) is 5.56 Å². The molecular formula is C14H25N5O2. The van der Waals surface area contributed by atoms with Gasteiger partial charge in [-0.25, -0.2) is 4.79 Å². The van der Waals surface area contributed by atoms with Crippen LogP contribution in [-0.4, -0.2) is 65.3 Å². The molecule has 1 fully saturated rings. The predicted octanol–water partition coefficient (Wildman–Crippen LogP) is -1.58. The molecule has 0 radical (unpaired) electrons. The summed E-state index contributed by atoms with van der Waals surface area (Å²) < 4.78 is 2.59. The van der Waals surface area contributed by atoms with E-state index in [2.05, 4.69) is 22.2 Å². The fourth-order valence-corrected chi connectivity index (χ4v) is 2.54. The summed E-state index contributed by atoms with van der Waals surface area (Å²) >= 11 is 0. The van der Waals surface area contributed by atoms with Crippen LogP contribution in [0.3, 0.4) is 0 Å². The van der Waals surface area contributed by atoms with Crippen molar-refractivity contribution in [3.8, 4) is 0 Å². The Balaban J connectivity index is 1.82. The molecular weight excluding hydrogens is 270 g/mol. The van der Waals surface area contributed by atoms with Crippen LogP contribution in [0.15, 0.2) is 15.8 Å². The van der Waals surface area contributed by atoms with Gasteiger partial charge in [-0.3, -0.25) is 14.3 Å². The minimum absolute atomic E-state index is 0.217. The molecule has 0 unspecified atom stereocenters. The highest BCUT2D eigenvalue weighted by molar-refractivity contribution is 5.05. The van der Waals surface area contributed by atoms with Crippen molar-refractivity contribution in [1.82, 2.24) is 24.3 Å². The van der Waals surface area contributed by atoms with E-state index < -0.39 is 0 Å². The molecule has 1 N–H and O–H groups in total. The Morgan fingerprint density at radius 3 is 2.43 bits per heavy atom. The third kappa shape index (κ3) is 4.03. The molecule has 1 aromatic rings. The van der Waals surface area contributed by atoms with Crippen molar-refractivity contribution in [2.45, 2.75) is 6.54 Å². The molecule has 1 aliphatic heterocycles. The Bertz CT molecular complexity index is 584. The standard InChI is InChI=1S/C14H25N5O2/c1-16-6-8-19(9-7-16)5-4-15-10-12-11-17(2)14(21)18(3)13(12)20/h11,15H,4-10H2,1-3H3. The van der Waals surface area contributed by atoms with Crippen LogP contribution in [0.25, 0.3) is 0 Å². The molecule has 0 saturated carbocycles. The van der Waals surface area contributed by atoms with Gasteiger partial charge in [0.15, 0.2) is 0 Å². The number of rotatable bonds is 5. The Morgan fingerprint density at radius 2 is 1.76 bits per heavy atom. The Labute approximate surface area is 124 Å². The van der Waals surface area contributed by atoms with Crippen molar-refractivity contribution in [2.75, 3.05) is 46.3 Å². The first-order valence-electron chi connectivity index (χ1n) is 7.36. The Hall–Kier alpha value is -1.44. The van der Waals surface area contributed by atoms with Crippen LogP contribution in [0.1, 0.15) is 5.56 Å². The molecule has 1 aromatic heterocycles. The van der Waals surface area contributed by atoms with Crippen molar-refractivity contribution in [3.05, 3.63) is 32.6 Å². The van der Waals surface area contributed by atoms with Crippen LogP contribution in [0.4, 0.5) is 0 Å². The van der Waals surface area contributed by atoms with Crippen LogP contribution >= 0.6 is 0 Å². The van der Waals surface area contributed by atoms with E-state index >= 15 is 0 Å². The number of aryl methyl sites for hydroxylation is 1. The number of hydrogen-bond acceptors (Lipinski definition) is 5. The van der Waals surface area contributed by atoms with Crippen molar-refractivity contribution >= 4 is 0 Å². The first-order valence-corrected chi connectivity index (χ1v) is 7.36. The zero-order valence-electron chi connectivity index (χ0n) is 13.1. The van der Waals surface area contributed by atoms with Crippen LogP contribution in [0, 0.1) is 0 Å². The molecule has 7 heteroatoms. The normalized spacial score (nSPS) is 17.3. The number of piperazine rings is 1. The summed E-state index contributed by atoms with van der Waals surface area (Å²) in [6, 6.07) is 0. The van der Waals surface area contributed by atoms with Gasteiger partial charge < -0.3 is 14.8 Å². The van der Waals surface area contributed by atoms with Gasteiger partial charge in [0.2, 0.25) is 0 Å². The lowest BCUT2D eigenvalue weighted by molar-refractivity contribution is 0.154. The number of likely N-dealkylation sites (N-methyl/N-ethyl adjacent to an activating group) is 1. The lowest BCUT2D eigenvalue weighted by atomic mass is 10.3. The van der Waals surface area contributed by atoms with Crippen LogP contribution in [-0.2, 0) is 20.6 Å². The molecule has 2 rings (SSSR count). The molecule has 7 nitrogen and oxygen atoms in total. The maximum Gasteiger partial charge on any atom is 0.330 e. The topological polar surface area (TPSA) is 62.5 Å². The van der Waals surface area contributed by atoms with Gasteiger partial charge in [-0.05, 0) is 7.05 Å². The number of hydrogen-bond donors (Lipinski definition) is 1. The first kappa shape index (κ1) is 15.9. The van der Waals surface area contributed by atoms with Gasteiger partial charge in [0.1, 0.15) is 0 Å². The van der Waals surface area contributed by atoms with Crippen LogP contribution < -0.4 is 16.6 Å². The second-order valence-corrected chi connectivity index (χ2v) is 5.73. The second-order valence-electron chi connectivity index (χ2n) is 5.73. The van der Waals surface area contributed by atoms with Gasteiger partial charge in [-0.15, -0.1) is 0 Å². The lowest BCUT2D eigenvalue weighted by Gasteiger charge is -2.32. The fraction of sp³-hybridized carbons (Fsp3) is 0.714. The summed E-state index contributed by atoms with van der Waals surface area (Å²) in [5, 5.41) is 3.29. The van der Waals surface area contributed by atoms with Crippen molar-refractivity contribution < 1.29 is 0 Å². The molecule has 0 aliphatic carbocycles. The van der Waals surface area contributed by atoms with E-state index in [4.69, 9.17) is 0 Å². The molecule has 118 valence electrons. The average Bonchev–Trinajstić information content (AvgIpc) is 2.48. The highest BCUT2D eigenvalue weighted by Crippen LogP contribution is 1.97. The zero-order chi connectivity index (χ0) is 15.4. The minimum Gasteiger partial charge on any atom is -0.311 e. The maximum atomic E-state index is 12.0. The third-order valence-electron chi connectivity index (χ3n) is 4.03. The molecule has 0 spiro atoms. The van der Waals surface area contributed by atoms with E-state index in [0.717, 1.165) is 43.8 Å². The number of nitrogens with zero attached hydrogens (tertiary/aromatic N) is 4. The maximum absolute atomic E-state index is 12.0. The van der Waals surface area contributed by atoms with Crippen molar-refractivity contribution in [2.24, 2.45) is 14.1 Å². The molecule has 1 aliphatic rings. The molecule has 2 heterocycles. The highest BCUT2D eigenvalue weighted by atomic mass is 16.2.